The Balaban J connectivity index is 2.50. The smallest absolute Gasteiger partial charge is 0.408 e. The predicted molar refractivity (Wildman–Crippen MR) is 139 cm³/mol. The number of terminal acetylenes is 1. The molecule has 4 N–H and O–H groups in total. The molecule has 37 heavy (non-hydrogen) atoms. The molecule has 0 saturated carbocycles. The second-order valence-corrected chi connectivity index (χ2v) is 10.6. The number of alkyl carbamates (subject to hydrolysis) is 1. The van der Waals surface area contributed by atoms with Crippen LogP contribution in [0, 0.1) is 12.5 Å². The highest BCUT2D eigenvalue weighted by Gasteiger charge is 2.37. The second-order valence-electron chi connectivity index (χ2n) is 10.6. The summed E-state index contributed by atoms with van der Waals surface area (Å²) < 4.78 is 5.34. The summed E-state index contributed by atoms with van der Waals surface area (Å²) in [6.07, 6.45) is 4.96. The molecule has 198 valence electrons. The molecule has 2 aromatic rings. The zero-order chi connectivity index (χ0) is 28.0. The molecule has 2 rings (SSSR count). The Hall–Kier alpha value is -4.19. The van der Waals surface area contributed by atoms with Crippen molar-refractivity contribution < 1.29 is 29.3 Å². The van der Waals surface area contributed by atoms with E-state index < -0.39 is 41.1 Å². The topological polar surface area (TPSA) is 128 Å². The van der Waals surface area contributed by atoms with Crippen LogP contribution in [0.1, 0.15) is 58.7 Å². The fourth-order valence-electron chi connectivity index (χ4n) is 3.46. The van der Waals surface area contributed by atoms with Crippen LogP contribution in [0.25, 0.3) is 0 Å². The summed E-state index contributed by atoms with van der Waals surface area (Å²) in [6.45, 7) is 10.4. The maximum atomic E-state index is 13.8. The Labute approximate surface area is 217 Å². The van der Waals surface area contributed by atoms with Crippen LogP contribution in [0.15, 0.2) is 48.5 Å². The van der Waals surface area contributed by atoms with Gasteiger partial charge in [-0.2, -0.15) is 0 Å². The first-order valence-corrected chi connectivity index (χ1v) is 11.8. The van der Waals surface area contributed by atoms with Crippen LogP contribution in [0.4, 0.5) is 4.79 Å². The van der Waals surface area contributed by atoms with E-state index in [-0.39, 0.29) is 17.9 Å². The maximum Gasteiger partial charge on any atom is 0.408 e. The van der Waals surface area contributed by atoms with E-state index in [1.54, 1.807) is 53.7 Å². The lowest BCUT2D eigenvalue weighted by molar-refractivity contribution is -0.139. The first-order valence-electron chi connectivity index (χ1n) is 11.8. The van der Waals surface area contributed by atoms with E-state index >= 15 is 0 Å². The van der Waals surface area contributed by atoms with Gasteiger partial charge in [0.25, 0.3) is 5.91 Å². The van der Waals surface area contributed by atoms with Crippen molar-refractivity contribution >= 4 is 17.9 Å². The fourth-order valence-corrected chi connectivity index (χ4v) is 3.46. The molecule has 0 saturated heterocycles. The molecule has 2 unspecified atom stereocenters. The van der Waals surface area contributed by atoms with Crippen molar-refractivity contribution in [3.63, 3.8) is 0 Å². The van der Waals surface area contributed by atoms with Gasteiger partial charge in [-0.15, -0.1) is 0 Å². The van der Waals surface area contributed by atoms with Crippen LogP contribution in [0.2, 0.25) is 0 Å². The summed E-state index contributed by atoms with van der Waals surface area (Å²) >= 11 is 0. The molecular weight excluding hydrogens is 474 g/mol. The van der Waals surface area contributed by atoms with Gasteiger partial charge in [0.1, 0.15) is 29.2 Å². The maximum absolute atomic E-state index is 13.8. The number of hydrogen-bond acceptors (Lipinski definition) is 6. The Morgan fingerprint density at radius 3 is 1.92 bits per heavy atom. The van der Waals surface area contributed by atoms with Gasteiger partial charge in [0.05, 0.1) is 0 Å². The molecule has 3 amide bonds. The van der Waals surface area contributed by atoms with Gasteiger partial charge in [-0.25, -0.2) is 4.79 Å². The molecule has 0 aromatic heterocycles. The number of carbonyl (C=O) groups is 3. The van der Waals surface area contributed by atoms with Gasteiger partial charge in [-0.05, 0) is 76.9 Å². The van der Waals surface area contributed by atoms with Gasteiger partial charge in [-0.1, -0.05) is 30.7 Å². The zero-order valence-electron chi connectivity index (χ0n) is 22.0. The predicted octanol–water partition coefficient (Wildman–Crippen LogP) is 3.61. The summed E-state index contributed by atoms with van der Waals surface area (Å²) in [7, 11) is 0. The minimum absolute atomic E-state index is 0.0136. The van der Waals surface area contributed by atoms with E-state index in [0.29, 0.717) is 11.1 Å². The van der Waals surface area contributed by atoms with Crippen LogP contribution in [0.5, 0.6) is 11.5 Å². The molecule has 0 aliphatic heterocycles. The second kappa shape index (κ2) is 11.7. The van der Waals surface area contributed by atoms with E-state index in [1.807, 2.05) is 0 Å². The van der Waals surface area contributed by atoms with Crippen LogP contribution in [-0.2, 0) is 20.7 Å². The lowest BCUT2D eigenvalue weighted by atomic mass is 9.99. The SMILES string of the molecule is C#CN(C(=O)C(Cc1ccc(O)cc1)NC(=O)OC(C)(C)C)C(C(=O)NC(C)(C)C)c1ccc(O)cc1. The molecule has 0 spiro atoms. The Morgan fingerprint density at radius 1 is 0.946 bits per heavy atom. The largest absolute Gasteiger partial charge is 0.508 e. The molecule has 9 nitrogen and oxygen atoms in total. The van der Waals surface area contributed by atoms with Gasteiger partial charge < -0.3 is 25.6 Å². The van der Waals surface area contributed by atoms with Crippen molar-refractivity contribution in [3.8, 4) is 24.0 Å². The highest BCUT2D eigenvalue weighted by atomic mass is 16.6. The van der Waals surface area contributed by atoms with Gasteiger partial charge in [0, 0.05) is 18.0 Å². The number of aromatic hydroxyl groups is 2. The third kappa shape index (κ3) is 9.08. The van der Waals surface area contributed by atoms with Gasteiger partial charge in [-0.3, -0.25) is 14.5 Å². The highest BCUT2D eigenvalue weighted by molar-refractivity contribution is 5.93. The van der Waals surface area contributed by atoms with Crippen molar-refractivity contribution in [1.29, 1.82) is 0 Å². The Bertz CT molecular complexity index is 1140. The lowest BCUT2D eigenvalue weighted by Gasteiger charge is -2.32. The average Bonchev–Trinajstić information content (AvgIpc) is 2.76. The fraction of sp³-hybridized carbons (Fsp3) is 0.393. The number of carbonyl (C=O) groups excluding carboxylic acids is 3. The zero-order valence-corrected chi connectivity index (χ0v) is 22.0. The molecule has 0 heterocycles. The molecule has 0 fully saturated rings. The number of hydrogen-bond donors (Lipinski definition) is 4. The molecule has 2 atom stereocenters. The van der Waals surface area contributed by atoms with Crippen LogP contribution >= 0.6 is 0 Å². The number of phenols is 2. The van der Waals surface area contributed by atoms with Gasteiger partial charge in [0.15, 0.2) is 0 Å². The van der Waals surface area contributed by atoms with Crippen LogP contribution in [0.3, 0.4) is 0 Å². The van der Waals surface area contributed by atoms with Crippen molar-refractivity contribution in [2.75, 3.05) is 0 Å². The molecule has 0 radical (unpaired) electrons. The molecule has 0 aliphatic rings. The summed E-state index contributed by atoms with van der Waals surface area (Å²) in [4.78, 5) is 40.8. The van der Waals surface area contributed by atoms with Crippen molar-refractivity contribution in [3.05, 3.63) is 59.7 Å². The number of phenolic OH excluding ortho intramolecular Hbond substituents is 2. The normalized spacial score (nSPS) is 13.0. The van der Waals surface area contributed by atoms with Gasteiger partial charge in [0.2, 0.25) is 5.91 Å². The average molecular weight is 510 g/mol. The monoisotopic (exact) mass is 509 g/mol. The minimum atomic E-state index is -1.25. The number of rotatable bonds is 7. The first-order chi connectivity index (χ1) is 17.1. The van der Waals surface area contributed by atoms with Crippen molar-refractivity contribution in [2.24, 2.45) is 0 Å². The van der Waals surface area contributed by atoms with E-state index in [0.717, 1.165) is 4.90 Å². The third-order valence-corrected chi connectivity index (χ3v) is 4.96. The quantitative estimate of drug-likeness (QED) is 0.334. The molecule has 9 heteroatoms. The number of nitrogens with one attached hydrogen (secondary N) is 2. The number of amides is 3. The molecule has 0 aliphatic carbocycles. The molecule has 2 aromatic carbocycles. The van der Waals surface area contributed by atoms with Gasteiger partial charge >= 0.3 is 6.09 Å². The van der Waals surface area contributed by atoms with E-state index in [1.165, 1.54) is 36.4 Å². The van der Waals surface area contributed by atoms with Crippen LogP contribution in [-0.4, -0.2) is 50.2 Å². The molecule has 0 bridgehead atoms. The summed E-state index contributed by atoms with van der Waals surface area (Å²) in [5.41, 5.74) is -0.449. The summed E-state index contributed by atoms with van der Waals surface area (Å²) in [6, 6.07) is 11.8. The van der Waals surface area contributed by atoms with Crippen LogP contribution < -0.4 is 10.6 Å². The number of benzene rings is 2. The van der Waals surface area contributed by atoms with Crippen molar-refractivity contribution in [2.45, 2.75) is 71.2 Å². The lowest BCUT2D eigenvalue weighted by Crippen LogP contribution is -2.53. The van der Waals surface area contributed by atoms with E-state index in [2.05, 4.69) is 16.7 Å². The summed E-state index contributed by atoms with van der Waals surface area (Å²) in [5, 5.41) is 24.8. The first kappa shape index (κ1) is 29.0. The molecular formula is C28H35N3O6. The Morgan fingerprint density at radius 2 is 1.46 bits per heavy atom. The summed E-state index contributed by atoms with van der Waals surface area (Å²) in [5.74, 6) is -1.23. The Kier molecular flexibility index (Phi) is 9.18. The number of ether oxygens (including phenoxy) is 1. The minimum Gasteiger partial charge on any atom is -0.508 e. The van der Waals surface area contributed by atoms with E-state index in [9.17, 15) is 24.6 Å². The van der Waals surface area contributed by atoms with Crippen molar-refractivity contribution in [1.82, 2.24) is 15.5 Å². The highest BCUT2D eigenvalue weighted by Crippen LogP contribution is 2.25. The standard InChI is InChI=1S/C28H35N3O6/c1-8-31(23(24(34)30-27(2,3)4)19-11-15-21(33)16-12-19)25(35)22(29-26(36)37-28(5,6)7)17-18-9-13-20(32)14-10-18/h1,9-16,22-23,32-33H,17H2,2-7H3,(H,29,36)(H,30,34). The van der Waals surface area contributed by atoms with E-state index in [4.69, 9.17) is 11.2 Å². The third-order valence-electron chi connectivity index (χ3n) is 4.96. The number of nitrogens with zero attached hydrogens (tertiary/aromatic N) is 1.